The third-order valence-electron chi connectivity index (χ3n) is 3.56. The molecule has 0 aliphatic rings. The van der Waals surface area contributed by atoms with Gasteiger partial charge in [-0.1, -0.05) is 29.8 Å². The SMILES string of the molecule is CCOC(=O)Cc1cc(=O)n2[nH]c(NCc3cccc(C)c3)nc2n1. The van der Waals surface area contributed by atoms with Crippen molar-refractivity contribution in [2.75, 3.05) is 11.9 Å². The number of esters is 1. The molecule has 8 heteroatoms. The second-order valence-corrected chi connectivity index (χ2v) is 5.62. The van der Waals surface area contributed by atoms with Crippen LogP contribution in [0, 0.1) is 6.92 Å². The number of H-pyrrole nitrogens is 1. The quantitative estimate of drug-likeness (QED) is 0.658. The van der Waals surface area contributed by atoms with E-state index in [-0.39, 0.29) is 24.4 Å². The molecule has 0 amide bonds. The first-order valence-electron chi connectivity index (χ1n) is 7.99. The average molecular weight is 341 g/mol. The topological polar surface area (TPSA) is 101 Å². The van der Waals surface area contributed by atoms with E-state index in [2.05, 4.69) is 26.4 Å². The van der Waals surface area contributed by atoms with Gasteiger partial charge in [0, 0.05) is 12.6 Å². The molecule has 0 fully saturated rings. The minimum atomic E-state index is -0.424. The van der Waals surface area contributed by atoms with Gasteiger partial charge in [-0.15, -0.1) is 0 Å². The van der Waals surface area contributed by atoms with Crippen molar-refractivity contribution in [3.05, 3.63) is 57.5 Å². The van der Waals surface area contributed by atoms with Crippen molar-refractivity contribution in [3.8, 4) is 0 Å². The lowest BCUT2D eigenvalue weighted by molar-refractivity contribution is -0.142. The minimum absolute atomic E-state index is 0.0570. The number of benzene rings is 1. The molecule has 1 aromatic carbocycles. The monoisotopic (exact) mass is 341 g/mol. The molecule has 2 aromatic heterocycles. The van der Waals surface area contributed by atoms with Crippen LogP contribution in [0.3, 0.4) is 0 Å². The third-order valence-corrected chi connectivity index (χ3v) is 3.56. The number of nitrogens with one attached hydrogen (secondary N) is 2. The summed E-state index contributed by atoms with van der Waals surface area (Å²) < 4.78 is 6.10. The second kappa shape index (κ2) is 7.16. The van der Waals surface area contributed by atoms with Crippen LogP contribution in [0.2, 0.25) is 0 Å². The van der Waals surface area contributed by atoms with Crippen LogP contribution >= 0.6 is 0 Å². The Labute approximate surface area is 143 Å². The van der Waals surface area contributed by atoms with Crippen molar-refractivity contribution < 1.29 is 9.53 Å². The lowest BCUT2D eigenvalue weighted by Crippen LogP contribution is -2.18. The summed E-state index contributed by atoms with van der Waals surface area (Å²) in [5.74, 6) is 0.213. The van der Waals surface area contributed by atoms with Crippen molar-refractivity contribution >= 4 is 17.7 Å². The van der Waals surface area contributed by atoms with Crippen LogP contribution in [0.4, 0.5) is 5.95 Å². The number of hydrogen-bond donors (Lipinski definition) is 2. The van der Waals surface area contributed by atoms with E-state index in [9.17, 15) is 9.59 Å². The number of hydrogen-bond acceptors (Lipinski definition) is 6. The van der Waals surface area contributed by atoms with Crippen LogP contribution in [0.25, 0.3) is 5.78 Å². The average Bonchev–Trinajstić information content (AvgIpc) is 2.97. The fraction of sp³-hybridized carbons (Fsp3) is 0.294. The molecule has 0 unspecified atom stereocenters. The molecule has 0 aliphatic heterocycles. The summed E-state index contributed by atoms with van der Waals surface area (Å²) in [5.41, 5.74) is 2.27. The number of anilines is 1. The molecule has 0 saturated heterocycles. The van der Waals surface area contributed by atoms with E-state index in [1.54, 1.807) is 6.92 Å². The largest absolute Gasteiger partial charge is 0.466 e. The Bertz CT molecular complexity index is 960. The van der Waals surface area contributed by atoms with Gasteiger partial charge in [-0.05, 0) is 19.4 Å². The van der Waals surface area contributed by atoms with Gasteiger partial charge in [0.25, 0.3) is 11.3 Å². The summed E-state index contributed by atoms with van der Waals surface area (Å²) in [6, 6.07) is 9.38. The maximum Gasteiger partial charge on any atom is 0.311 e. The van der Waals surface area contributed by atoms with Crippen molar-refractivity contribution in [2.24, 2.45) is 0 Å². The van der Waals surface area contributed by atoms with E-state index in [1.807, 2.05) is 25.1 Å². The van der Waals surface area contributed by atoms with Crippen LogP contribution < -0.4 is 10.9 Å². The highest BCUT2D eigenvalue weighted by Crippen LogP contribution is 2.08. The third kappa shape index (κ3) is 4.03. The van der Waals surface area contributed by atoms with Crippen molar-refractivity contribution in [1.29, 1.82) is 0 Å². The Morgan fingerprint density at radius 2 is 2.16 bits per heavy atom. The number of ether oxygens (including phenoxy) is 1. The molecule has 2 N–H and O–H groups in total. The minimum Gasteiger partial charge on any atom is -0.466 e. The molecule has 130 valence electrons. The molecule has 2 heterocycles. The highest BCUT2D eigenvalue weighted by Gasteiger charge is 2.11. The molecule has 3 aromatic rings. The number of rotatable bonds is 6. The van der Waals surface area contributed by atoms with Gasteiger partial charge in [-0.25, -0.2) is 4.98 Å². The molecule has 0 bridgehead atoms. The van der Waals surface area contributed by atoms with Crippen LogP contribution in [0.1, 0.15) is 23.7 Å². The maximum atomic E-state index is 12.1. The van der Waals surface area contributed by atoms with Gasteiger partial charge in [-0.3, -0.25) is 14.7 Å². The van der Waals surface area contributed by atoms with Gasteiger partial charge in [-0.2, -0.15) is 9.50 Å². The Balaban J connectivity index is 1.78. The Morgan fingerprint density at radius 1 is 1.32 bits per heavy atom. The number of aromatic nitrogens is 4. The molecule has 0 aliphatic carbocycles. The molecule has 0 atom stereocenters. The van der Waals surface area contributed by atoms with Gasteiger partial charge in [0.1, 0.15) is 0 Å². The van der Waals surface area contributed by atoms with Gasteiger partial charge < -0.3 is 10.1 Å². The van der Waals surface area contributed by atoms with E-state index in [1.165, 1.54) is 16.1 Å². The predicted octanol–water partition coefficient (Wildman–Crippen LogP) is 1.44. The summed E-state index contributed by atoms with van der Waals surface area (Å²) in [4.78, 5) is 32.2. The zero-order valence-corrected chi connectivity index (χ0v) is 14.1. The van der Waals surface area contributed by atoms with Crippen molar-refractivity contribution in [3.63, 3.8) is 0 Å². The van der Waals surface area contributed by atoms with Gasteiger partial charge in [0.15, 0.2) is 0 Å². The molecule has 8 nitrogen and oxygen atoms in total. The molecule has 0 radical (unpaired) electrons. The molecule has 0 saturated carbocycles. The molecule has 0 spiro atoms. The fourth-order valence-electron chi connectivity index (χ4n) is 2.46. The van der Waals surface area contributed by atoms with E-state index in [0.29, 0.717) is 18.2 Å². The first kappa shape index (κ1) is 16.7. The van der Waals surface area contributed by atoms with E-state index < -0.39 is 5.97 Å². The molecular weight excluding hydrogens is 322 g/mol. The van der Waals surface area contributed by atoms with Crippen molar-refractivity contribution in [2.45, 2.75) is 26.8 Å². The summed E-state index contributed by atoms with van der Waals surface area (Å²) in [5, 5.41) is 5.99. The standard InChI is InChI=1S/C17H19N5O3/c1-3-25-15(24)9-13-8-14(23)22-17(19-13)20-16(21-22)18-10-12-6-4-5-11(2)7-12/h4-8H,3,9-10H2,1-2H3,(H2,18,19,20,21). The maximum absolute atomic E-state index is 12.1. The zero-order chi connectivity index (χ0) is 17.8. The number of carbonyl (C=O) groups excluding carboxylic acids is 1. The normalized spacial score (nSPS) is 10.8. The summed E-state index contributed by atoms with van der Waals surface area (Å²) in [6.07, 6.45) is -0.0570. The lowest BCUT2D eigenvalue weighted by Gasteiger charge is -2.03. The lowest BCUT2D eigenvalue weighted by atomic mass is 10.1. The fourth-order valence-corrected chi connectivity index (χ4v) is 2.46. The zero-order valence-electron chi connectivity index (χ0n) is 14.1. The van der Waals surface area contributed by atoms with Crippen molar-refractivity contribution in [1.82, 2.24) is 19.6 Å². The van der Waals surface area contributed by atoms with Crippen LogP contribution in [0.5, 0.6) is 0 Å². The Morgan fingerprint density at radius 3 is 2.92 bits per heavy atom. The van der Waals surface area contributed by atoms with Crippen LogP contribution in [-0.2, 0) is 22.5 Å². The number of carbonyl (C=O) groups is 1. The molecular formula is C17H19N5O3. The van der Waals surface area contributed by atoms with Crippen LogP contribution in [0.15, 0.2) is 35.1 Å². The number of fused-ring (bicyclic) bond motifs is 1. The second-order valence-electron chi connectivity index (χ2n) is 5.62. The first-order chi connectivity index (χ1) is 12.0. The van der Waals surface area contributed by atoms with Gasteiger partial charge in [0.05, 0.1) is 18.7 Å². The Kier molecular flexibility index (Phi) is 4.78. The summed E-state index contributed by atoms with van der Waals surface area (Å²) in [6.45, 7) is 4.60. The number of nitrogens with zero attached hydrogens (tertiary/aromatic N) is 3. The number of aryl methyl sites for hydroxylation is 1. The van der Waals surface area contributed by atoms with Crippen LogP contribution in [-0.4, -0.2) is 32.2 Å². The van der Waals surface area contributed by atoms with E-state index in [0.717, 1.165) is 5.56 Å². The molecule has 25 heavy (non-hydrogen) atoms. The number of aromatic amines is 1. The predicted molar refractivity (Wildman–Crippen MR) is 92.5 cm³/mol. The summed E-state index contributed by atoms with van der Waals surface area (Å²) in [7, 11) is 0. The van der Waals surface area contributed by atoms with Gasteiger partial charge in [0.2, 0.25) is 5.95 Å². The van der Waals surface area contributed by atoms with E-state index >= 15 is 0 Å². The highest BCUT2D eigenvalue weighted by atomic mass is 16.5. The first-order valence-corrected chi connectivity index (χ1v) is 7.99. The van der Waals surface area contributed by atoms with Gasteiger partial charge >= 0.3 is 5.97 Å². The van der Waals surface area contributed by atoms with E-state index in [4.69, 9.17) is 4.74 Å². The summed E-state index contributed by atoms with van der Waals surface area (Å²) >= 11 is 0. The highest BCUT2D eigenvalue weighted by molar-refractivity contribution is 5.72. The Hall–Kier alpha value is -3.16. The smallest absolute Gasteiger partial charge is 0.311 e. The molecule has 3 rings (SSSR count).